The maximum atomic E-state index is 12.0. The van der Waals surface area contributed by atoms with E-state index in [1.807, 2.05) is 59.2 Å². The van der Waals surface area contributed by atoms with Gasteiger partial charge >= 0.3 is 0 Å². The molecule has 0 aliphatic heterocycles. The first-order valence-corrected chi connectivity index (χ1v) is 8.77. The van der Waals surface area contributed by atoms with Gasteiger partial charge in [-0.25, -0.2) is 0 Å². The number of para-hydroxylation sites is 3. The zero-order chi connectivity index (χ0) is 17.5. The fourth-order valence-corrected chi connectivity index (χ4v) is 3.16. The molecule has 3 aromatic rings. The fourth-order valence-electron chi connectivity index (χ4n) is 2.30. The van der Waals surface area contributed by atoms with Crippen LogP contribution in [0.3, 0.4) is 0 Å². The monoisotopic (exact) mass is 354 g/mol. The van der Waals surface area contributed by atoms with Crippen LogP contribution in [0.15, 0.2) is 66.1 Å². The molecular formula is C18H18N4O2S. The van der Waals surface area contributed by atoms with Crippen molar-refractivity contribution in [2.75, 3.05) is 18.2 Å². The quantitative estimate of drug-likeness (QED) is 0.659. The second-order valence-corrected chi connectivity index (χ2v) is 6.23. The van der Waals surface area contributed by atoms with Gasteiger partial charge in [-0.2, -0.15) is 0 Å². The Morgan fingerprint density at radius 2 is 1.92 bits per heavy atom. The van der Waals surface area contributed by atoms with E-state index in [1.165, 1.54) is 11.8 Å². The number of methoxy groups -OCH3 is 1. The molecule has 7 heteroatoms. The van der Waals surface area contributed by atoms with Gasteiger partial charge in [-0.3, -0.25) is 9.36 Å². The maximum Gasteiger partial charge on any atom is 0.225 e. The molecule has 0 saturated carbocycles. The molecule has 0 spiro atoms. The Bertz CT molecular complexity index is 836. The third-order valence-corrected chi connectivity index (χ3v) is 4.42. The molecule has 0 aliphatic rings. The molecule has 25 heavy (non-hydrogen) atoms. The van der Waals surface area contributed by atoms with Gasteiger partial charge in [0.25, 0.3) is 0 Å². The highest BCUT2D eigenvalue weighted by atomic mass is 32.2. The molecule has 6 nitrogen and oxygen atoms in total. The van der Waals surface area contributed by atoms with Crippen LogP contribution >= 0.6 is 11.8 Å². The van der Waals surface area contributed by atoms with Crippen molar-refractivity contribution in [2.45, 2.75) is 11.6 Å². The Morgan fingerprint density at radius 3 is 2.72 bits per heavy atom. The molecule has 0 radical (unpaired) electrons. The van der Waals surface area contributed by atoms with E-state index < -0.39 is 0 Å². The summed E-state index contributed by atoms with van der Waals surface area (Å²) in [7, 11) is 1.63. The first-order valence-electron chi connectivity index (χ1n) is 7.79. The minimum absolute atomic E-state index is 0.0259. The summed E-state index contributed by atoms with van der Waals surface area (Å²) in [6, 6.07) is 17.1. The summed E-state index contributed by atoms with van der Waals surface area (Å²) in [4.78, 5) is 12.0. The summed E-state index contributed by atoms with van der Waals surface area (Å²) < 4.78 is 7.24. The highest BCUT2D eigenvalue weighted by molar-refractivity contribution is 7.99. The van der Waals surface area contributed by atoms with E-state index in [4.69, 9.17) is 4.74 Å². The molecule has 1 heterocycles. The first kappa shape index (κ1) is 17.0. The second kappa shape index (κ2) is 8.34. The van der Waals surface area contributed by atoms with Gasteiger partial charge in [0.15, 0.2) is 5.16 Å². The Labute approximate surface area is 150 Å². The SMILES string of the molecule is COc1ccccc1-n1cnnc1SCCC(=O)Nc1ccccc1. The van der Waals surface area contributed by atoms with Gasteiger partial charge in [0.05, 0.1) is 12.8 Å². The highest BCUT2D eigenvalue weighted by Crippen LogP contribution is 2.26. The zero-order valence-corrected chi connectivity index (χ0v) is 14.6. The van der Waals surface area contributed by atoms with Gasteiger partial charge < -0.3 is 10.1 Å². The molecule has 0 bridgehead atoms. The van der Waals surface area contributed by atoms with Gasteiger partial charge in [-0.05, 0) is 24.3 Å². The van der Waals surface area contributed by atoms with E-state index in [0.29, 0.717) is 12.2 Å². The van der Waals surface area contributed by atoms with Gasteiger partial charge in [0.1, 0.15) is 12.1 Å². The molecule has 0 aliphatic carbocycles. The van der Waals surface area contributed by atoms with Gasteiger partial charge in [-0.15, -0.1) is 10.2 Å². The maximum absolute atomic E-state index is 12.0. The zero-order valence-electron chi connectivity index (χ0n) is 13.8. The molecule has 1 amide bonds. The predicted octanol–water partition coefficient (Wildman–Crippen LogP) is 3.40. The minimum Gasteiger partial charge on any atom is -0.495 e. The normalized spacial score (nSPS) is 10.4. The van der Waals surface area contributed by atoms with Crippen LogP contribution in [-0.2, 0) is 4.79 Å². The third-order valence-electron chi connectivity index (χ3n) is 3.48. The van der Waals surface area contributed by atoms with Crippen LogP contribution in [0.5, 0.6) is 5.75 Å². The number of hydrogen-bond donors (Lipinski definition) is 1. The van der Waals surface area contributed by atoms with Crippen molar-refractivity contribution in [3.05, 3.63) is 60.9 Å². The van der Waals surface area contributed by atoms with Crippen LogP contribution in [0.25, 0.3) is 5.69 Å². The summed E-state index contributed by atoms with van der Waals surface area (Å²) in [5, 5.41) is 11.7. The van der Waals surface area contributed by atoms with Crippen molar-refractivity contribution in [1.29, 1.82) is 0 Å². The van der Waals surface area contributed by atoms with E-state index in [2.05, 4.69) is 15.5 Å². The Kier molecular flexibility index (Phi) is 5.69. The van der Waals surface area contributed by atoms with Gasteiger partial charge in [-0.1, -0.05) is 42.1 Å². The number of rotatable bonds is 7. The molecule has 0 saturated heterocycles. The summed E-state index contributed by atoms with van der Waals surface area (Å²) in [6.45, 7) is 0. The van der Waals surface area contributed by atoms with Crippen LogP contribution < -0.4 is 10.1 Å². The Balaban J connectivity index is 1.60. The van der Waals surface area contributed by atoms with E-state index in [0.717, 1.165) is 22.3 Å². The largest absolute Gasteiger partial charge is 0.495 e. The molecule has 2 aromatic carbocycles. The Hall–Kier alpha value is -2.80. The minimum atomic E-state index is -0.0259. The average Bonchev–Trinajstić information content (AvgIpc) is 3.11. The molecule has 0 atom stereocenters. The molecule has 1 N–H and O–H groups in total. The van der Waals surface area contributed by atoms with Crippen molar-refractivity contribution in [2.24, 2.45) is 0 Å². The number of carbonyl (C=O) groups excluding carboxylic acids is 1. The van der Waals surface area contributed by atoms with Crippen LogP contribution in [0.2, 0.25) is 0 Å². The number of benzene rings is 2. The number of aromatic nitrogens is 3. The number of carbonyl (C=O) groups is 1. The number of nitrogens with one attached hydrogen (secondary N) is 1. The average molecular weight is 354 g/mol. The summed E-state index contributed by atoms with van der Waals surface area (Å²) in [6.07, 6.45) is 2.03. The van der Waals surface area contributed by atoms with E-state index in [1.54, 1.807) is 13.4 Å². The molecule has 0 unspecified atom stereocenters. The molecular weight excluding hydrogens is 336 g/mol. The number of hydrogen-bond acceptors (Lipinski definition) is 5. The number of anilines is 1. The standard InChI is InChI=1S/C18H18N4O2S/c1-24-16-10-6-5-9-15(16)22-13-19-21-18(22)25-12-11-17(23)20-14-7-3-2-4-8-14/h2-10,13H,11-12H2,1H3,(H,20,23). The van der Waals surface area contributed by atoms with Crippen molar-refractivity contribution in [3.63, 3.8) is 0 Å². The predicted molar refractivity (Wildman–Crippen MR) is 98.3 cm³/mol. The van der Waals surface area contributed by atoms with Crippen molar-refractivity contribution in [3.8, 4) is 11.4 Å². The lowest BCUT2D eigenvalue weighted by atomic mass is 10.3. The molecule has 3 rings (SSSR count). The van der Waals surface area contributed by atoms with E-state index in [-0.39, 0.29) is 5.91 Å². The van der Waals surface area contributed by atoms with Gasteiger partial charge in [0, 0.05) is 17.9 Å². The second-order valence-electron chi connectivity index (χ2n) is 5.17. The van der Waals surface area contributed by atoms with Crippen LogP contribution in [-0.4, -0.2) is 33.5 Å². The summed E-state index contributed by atoms with van der Waals surface area (Å²) >= 11 is 1.48. The van der Waals surface area contributed by atoms with E-state index in [9.17, 15) is 4.79 Å². The van der Waals surface area contributed by atoms with Crippen molar-refractivity contribution >= 4 is 23.4 Å². The van der Waals surface area contributed by atoms with Crippen molar-refractivity contribution in [1.82, 2.24) is 14.8 Å². The van der Waals surface area contributed by atoms with Crippen LogP contribution in [0.4, 0.5) is 5.69 Å². The van der Waals surface area contributed by atoms with E-state index >= 15 is 0 Å². The number of amides is 1. The number of nitrogens with zero attached hydrogens (tertiary/aromatic N) is 3. The molecule has 0 fully saturated rings. The first-order chi connectivity index (χ1) is 12.3. The van der Waals surface area contributed by atoms with Crippen molar-refractivity contribution < 1.29 is 9.53 Å². The highest BCUT2D eigenvalue weighted by Gasteiger charge is 2.12. The lowest BCUT2D eigenvalue weighted by Crippen LogP contribution is -2.12. The van der Waals surface area contributed by atoms with Crippen LogP contribution in [0.1, 0.15) is 6.42 Å². The Morgan fingerprint density at radius 1 is 1.16 bits per heavy atom. The third kappa shape index (κ3) is 4.39. The smallest absolute Gasteiger partial charge is 0.225 e. The lowest BCUT2D eigenvalue weighted by Gasteiger charge is -2.10. The topological polar surface area (TPSA) is 69.0 Å². The van der Waals surface area contributed by atoms with Crippen LogP contribution in [0, 0.1) is 0 Å². The fraction of sp³-hybridized carbons (Fsp3) is 0.167. The number of ether oxygens (including phenoxy) is 1. The summed E-state index contributed by atoms with van der Waals surface area (Å²) in [5.41, 5.74) is 1.67. The summed E-state index contributed by atoms with van der Waals surface area (Å²) in [5.74, 6) is 1.32. The van der Waals surface area contributed by atoms with Gasteiger partial charge in [0.2, 0.25) is 5.91 Å². The molecule has 1 aromatic heterocycles. The lowest BCUT2D eigenvalue weighted by molar-refractivity contribution is -0.115. The number of thioether (sulfide) groups is 1. The molecule has 128 valence electrons.